The maximum absolute atomic E-state index is 13.1. The van der Waals surface area contributed by atoms with Crippen LogP contribution in [-0.4, -0.2) is 72.2 Å². The summed E-state index contributed by atoms with van der Waals surface area (Å²) in [4.78, 5) is 56.6. The van der Waals surface area contributed by atoms with Crippen LogP contribution in [0.15, 0.2) is 0 Å². The van der Waals surface area contributed by atoms with E-state index in [1.54, 1.807) is 20.8 Å². The fourth-order valence-electron chi connectivity index (χ4n) is 3.84. The monoisotopic (exact) mass is 440 g/mol. The molecule has 0 radical (unpaired) electrons. The molecule has 0 bridgehead atoms. The maximum atomic E-state index is 13.1. The minimum Gasteiger partial charge on any atom is -0.458 e. The number of carbonyl (C=O) groups is 4. The Kier molecular flexibility index (Phi) is 9.74. The topological polar surface area (TPSA) is 102 Å². The van der Waals surface area contributed by atoms with E-state index in [-0.39, 0.29) is 12.8 Å². The minimum atomic E-state index is -1.32. The third-order valence-corrected chi connectivity index (χ3v) is 5.46. The van der Waals surface area contributed by atoms with E-state index >= 15 is 0 Å². The minimum absolute atomic E-state index is 0.138. The largest absolute Gasteiger partial charge is 0.458 e. The highest BCUT2D eigenvalue weighted by Gasteiger charge is 2.37. The molecule has 176 valence electrons. The van der Waals surface area contributed by atoms with Gasteiger partial charge in [0.1, 0.15) is 11.9 Å². The summed E-state index contributed by atoms with van der Waals surface area (Å²) in [5.74, 6) is -0.828. The zero-order valence-electron chi connectivity index (χ0n) is 19.0. The number of hydroxylamine groups is 2. The molecule has 1 heterocycles. The molecule has 0 aromatic heterocycles. The number of esters is 1. The first-order valence-electron chi connectivity index (χ1n) is 11.2. The summed E-state index contributed by atoms with van der Waals surface area (Å²) >= 11 is 0. The number of rotatable bonds is 7. The van der Waals surface area contributed by atoms with E-state index < -0.39 is 29.6 Å². The number of hydrogen-bond acceptors (Lipinski definition) is 7. The van der Waals surface area contributed by atoms with Crippen LogP contribution in [0.5, 0.6) is 0 Å². The Morgan fingerprint density at radius 1 is 1.13 bits per heavy atom. The molecule has 1 saturated heterocycles. The lowest BCUT2D eigenvalue weighted by Crippen LogP contribution is -2.51. The Bertz CT molecular complexity index is 620. The molecular formula is C22H36N2O7. The Morgan fingerprint density at radius 3 is 2.35 bits per heavy atom. The van der Waals surface area contributed by atoms with Crippen molar-refractivity contribution in [3.63, 3.8) is 0 Å². The third kappa shape index (κ3) is 8.47. The quantitative estimate of drug-likeness (QED) is 0.341. The molecule has 0 aromatic carbocycles. The van der Waals surface area contributed by atoms with Gasteiger partial charge in [-0.3, -0.25) is 4.79 Å². The van der Waals surface area contributed by atoms with Crippen molar-refractivity contribution in [2.24, 2.45) is 5.92 Å². The highest BCUT2D eigenvalue weighted by Crippen LogP contribution is 2.28. The lowest BCUT2D eigenvalue weighted by molar-refractivity contribution is -0.197. The molecule has 31 heavy (non-hydrogen) atoms. The smallest absolute Gasteiger partial charge is 0.434 e. The van der Waals surface area contributed by atoms with Crippen LogP contribution in [0, 0.1) is 5.92 Å². The van der Waals surface area contributed by atoms with Crippen LogP contribution in [0.2, 0.25) is 0 Å². The van der Waals surface area contributed by atoms with Crippen LogP contribution < -0.4 is 0 Å². The fourth-order valence-corrected chi connectivity index (χ4v) is 3.84. The number of aldehydes is 1. The first kappa shape index (κ1) is 25.1. The van der Waals surface area contributed by atoms with E-state index in [2.05, 4.69) is 0 Å². The number of ether oxygens (including phenoxy) is 2. The molecule has 1 aliphatic heterocycles. The summed E-state index contributed by atoms with van der Waals surface area (Å²) in [5.41, 5.74) is -0.816. The molecule has 2 amide bonds. The van der Waals surface area contributed by atoms with Crippen molar-refractivity contribution in [1.82, 2.24) is 9.96 Å². The van der Waals surface area contributed by atoms with Crippen molar-refractivity contribution in [2.45, 2.75) is 83.8 Å². The van der Waals surface area contributed by atoms with Crippen molar-refractivity contribution in [1.29, 1.82) is 0 Å². The predicted octanol–water partition coefficient (Wildman–Crippen LogP) is 2.86. The van der Waals surface area contributed by atoms with Gasteiger partial charge >= 0.3 is 12.1 Å². The van der Waals surface area contributed by atoms with E-state index in [0.29, 0.717) is 44.9 Å². The number of amides is 2. The summed E-state index contributed by atoms with van der Waals surface area (Å²) in [6, 6.07) is -1.32. The molecule has 2 fully saturated rings. The highest BCUT2D eigenvalue weighted by molar-refractivity contribution is 5.86. The second-order valence-electron chi connectivity index (χ2n) is 9.17. The first-order valence-corrected chi connectivity index (χ1v) is 11.2. The van der Waals surface area contributed by atoms with E-state index in [1.807, 2.05) is 0 Å². The van der Waals surface area contributed by atoms with Gasteiger partial charge in [-0.15, -0.1) is 0 Å². The van der Waals surface area contributed by atoms with Gasteiger partial charge in [-0.2, -0.15) is 5.06 Å². The Hall–Kier alpha value is -2.16. The Balaban J connectivity index is 2.14. The molecule has 0 spiro atoms. The third-order valence-electron chi connectivity index (χ3n) is 5.46. The molecule has 2 aliphatic rings. The highest BCUT2D eigenvalue weighted by atomic mass is 16.7. The van der Waals surface area contributed by atoms with Crippen molar-refractivity contribution >= 4 is 24.3 Å². The fraction of sp³-hybridized carbons (Fsp3) is 0.818. The van der Waals surface area contributed by atoms with Gasteiger partial charge < -0.3 is 24.0 Å². The molecule has 1 aliphatic carbocycles. The van der Waals surface area contributed by atoms with Gasteiger partial charge in [-0.1, -0.05) is 32.1 Å². The van der Waals surface area contributed by atoms with Gasteiger partial charge in [0.2, 0.25) is 0 Å². The van der Waals surface area contributed by atoms with Crippen LogP contribution in [0.3, 0.4) is 0 Å². The van der Waals surface area contributed by atoms with Crippen LogP contribution >= 0.6 is 0 Å². The van der Waals surface area contributed by atoms with Crippen LogP contribution in [0.25, 0.3) is 0 Å². The lowest BCUT2D eigenvalue weighted by atomic mass is 9.86. The summed E-state index contributed by atoms with van der Waals surface area (Å²) in [6.07, 6.45) is 5.93. The zero-order valence-corrected chi connectivity index (χ0v) is 19.0. The van der Waals surface area contributed by atoms with E-state index in [4.69, 9.17) is 14.3 Å². The molecule has 0 unspecified atom stereocenters. The van der Waals surface area contributed by atoms with Crippen LogP contribution in [0.4, 0.5) is 4.79 Å². The SMILES string of the molecule is CC(C)(C)OC(=O)[C@H](CC=O)N(OC(=O)N1CCOCC1)C(=O)CCC1CCCCC1. The molecule has 9 nitrogen and oxygen atoms in total. The maximum Gasteiger partial charge on any atom is 0.434 e. The van der Waals surface area contributed by atoms with Crippen LogP contribution in [-0.2, 0) is 28.7 Å². The second-order valence-corrected chi connectivity index (χ2v) is 9.17. The molecule has 1 atom stereocenters. The Labute approximate surface area is 184 Å². The zero-order chi connectivity index (χ0) is 22.9. The summed E-state index contributed by atoms with van der Waals surface area (Å²) in [5, 5.41) is 0.767. The molecule has 2 rings (SSSR count). The van der Waals surface area contributed by atoms with E-state index in [0.717, 1.165) is 30.7 Å². The van der Waals surface area contributed by atoms with Gasteiger partial charge in [0.25, 0.3) is 5.91 Å². The number of nitrogens with zero attached hydrogens (tertiary/aromatic N) is 2. The molecule has 9 heteroatoms. The molecule has 0 aromatic rings. The van der Waals surface area contributed by atoms with E-state index in [1.165, 1.54) is 11.3 Å². The van der Waals surface area contributed by atoms with Crippen LogP contribution in [0.1, 0.15) is 72.1 Å². The predicted molar refractivity (Wildman–Crippen MR) is 112 cm³/mol. The first-order chi connectivity index (χ1) is 14.7. The summed E-state index contributed by atoms with van der Waals surface area (Å²) < 4.78 is 10.6. The van der Waals surface area contributed by atoms with Crippen molar-refractivity contribution < 1.29 is 33.5 Å². The number of carbonyl (C=O) groups excluding carboxylic acids is 4. The molecule has 1 saturated carbocycles. The van der Waals surface area contributed by atoms with Crippen molar-refractivity contribution in [2.75, 3.05) is 26.3 Å². The van der Waals surface area contributed by atoms with E-state index in [9.17, 15) is 19.2 Å². The second kappa shape index (κ2) is 12.0. The summed E-state index contributed by atoms with van der Waals surface area (Å²) in [6.45, 7) is 6.47. The summed E-state index contributed by atoms with van der Waals surface area (Å²) in [7, 11) is 0. The van der Waals surface area contributed by atoms with Gasteiger partial charge in [0, 0.05) is 25.9 Å². The number of hydrogen-bond donors (Lipinski definition) is 0. The average molecular weight is 441 g/mol. The van der Waals surface area contributed by atoms with Gasteiger partial charge in [-0.05, 0) is 33.1 Å². The Morgan fingerprint density at radius 2 is 1.77 bits per heavy atom. The van der Waals surface area contributed by atoms with Gasteiger partial charge in [0.05, 0.1) is 13.2 Å². The standard InChI is InChI=1S/C22H36N2O7/c1-22(2,3)30-20(27)18(11-14-25)24(31-21(28)23-12-15-29-16-13-23)19(26)10-9-17-7-5-4-6-8-17/h14,17-18H,4-13,15-16H2,1-3H3/t18-/m0/s1. The molecular weight excluding hydrogens is 404 g/mol. The van der Waals surface area contributed by atoms with Gasteiger partial charge in [-0.25, -0.2) is 9.59 Å². The van der Waals surface area contributed by atoms with Crippen molar-refractivity contribution in [3.05, 3.63) is 0 Å². The molecule has 0 N–H and O–H groups in total. The normalized spacial score (nSPS) is 18.7. The lowest BCUT2D eigenvalue weighted by Gasteiger charge is -2.33. The van der Waals surface area contributed by atoms with Gasteiger partial charge in [0.15, 0.2) is 6.04 Å². The average Bonchev–Trinajstić information content (AvgIpc) is 2.74. The van der Waals surface area contributed by atoms with Crippen molar-refractivity contribution in [3.8, 4) is 0 Å². The number of morpholine rings is 1.